The Morgan fingerprint density at radius 1 is 1.45 bits per heavy atom. The standard InChI is InChI=1S/C15H16ClN3O/c16-13-6-10-3-5-20-15(10)12(7-13)8-14(19-17)11-2-1-4-18-9-11/h1-2,4,6-7,9,14,19H,3,5,8,17H2. The molecule has 0 radical (unpaired) electrons. The SMILES string of the molecule is NNC(Cc1cc(Cl)cc2c1OCC2)c1cccnc1. The highest BCUT2D eigenvalue weighted by Gasteiger charge is 2.20. The number of pyridine rings is 1. The van der Waals surface area contributed by atoms with Crippen molar-refractivity contribution >= 4 is 11.6 Å². The van der Waals surface area contributed by atoms with Crippen LogP contribution < -0.4 is 16.0 Å². The van der Waals surface area contributed by atoms with E-state index in [0.717, 1.165) is 34.9 Å². The van der Waals surface area contributed by atoms with Gasteiger partial charge in [0.2, 0.25) is 0 Å². The second-order valence-corrected chi connectivity index (χ2v) is 5.30. The maximum Gasteiger partial charge on any atom is 0.125 e. The molecule has 1 atom stereocenters. The second-order valence-electron chi connectivity index (χ2n) is 4.86. The lowest BCUT2D eigenvalue weighted by Gasteiger charge is -2.18. The molecule has 3 N–H and O–H groups in total. The maximum absolute atomic E-state index is 6.18. The van der Waals surface area contributed by atoms with Gasteiger partial charge in [0.25, 0.3) is 0 Å². The Balaban J connectivity index is 1.91. The van der Waals surface area contributed by atoms with Crippen LogP contribution in [0.4, 0.5) is 0 Å². The van der Waals surface area contributed by atoms with E-state index in [9.17, 15) is 0 Å². The second kappa shape index (κ2) is 5.79. The summed E-state index contributed by atoms with van der Waals surface area (Å²) in [4.78, 5) is 4.13. The highest BCUT2D eigenvalue weighted by molar-refractivity contribution is 6.30. The molecule has 1 aliphatic heterocycles. The highest BCUT2D eigenvalue weighted by atomic mass is 35.5. The number of aromatic nitrogens is 1. The van der Waals surface area contributed by atoms with Crippen molar-refractivity contribution in [1.29, 1.82) is 0 Å². The van der Waals surface area contributed by atoms with Gasteiger partial charge >= 0.3 is 0 Å². The summed E-state index contributed by atoms with van der Waals surface area (Å²) in [7, 11) is 0. The lowest BCUT2D eigenvalue weighted by molar-refractivity contribution is 0.351. The van der Waals surface area contributed by atoms with E-state index in [0.29, 0.717) is 6.42 Å². The summed E-state index contributed by atoms with van der Waals surface area (Å²) in [5.41, 5.74) is 6.14. The van der Waals surface area contributed by atoms with Crippen LogP contribution in [0.5, 0.6) is 5.75 Å². The fraction of sp³-hybridized carbons (Fsp3) is 0.267. The van der Waals surface area contributed by atoms with Gasteiger partial charge in [0, 0.05) is 23.8 Å². The molecule has 0 bridgehead atoms. The Kier molecular flexibility index (Phi) is 3.87. The third kappa shape index (κ3) is 2.63. The minimum absolute atomic E-state index is 0.0181. The molecule has 2 aromatic rings. The fourth-order valence-corrected chi connectivity index (χ4v) is 2.84. The number of nitrogens with zero attached hydrogens (tertiary/aromatic N) is 1. The van der Waals surface area contributed by atoms with Crippen LogP contribution in [0, 0.1) is 0 Å². The minimum Gasteiger partial charge on any atom is -0.493 e. The number of benzene rings is 1. The summed E-state index contributed by atoms with van der Waals surface area (Å²) in [6.07, 6.45) is 5.19. The van der Waals surface area contributed by atoms with E-state index >= 15 is 0 Å². The van der Waals surface area contributed by atoms with Crippen LogP contribution in [0.3, 0.4) is 0 Å². The molecule has 2 heterocycles. The zero-order chi connectivity index (χ0) is 13.9. The Morgan fingerprint density at radius 2 is 2.35 bits per heavy atom. The van der Waals surface area contributed by atoms with E-state index in [1.807, 2.05) is 30.5 Å². The van der Waals surface area contributed by atoms with Crippen LogP contribution in [-0.4, -0.2) is 11.6 Å². The average molecular weight is 290 g/mol. The molecule has 4 nitrogen and oxygen atoms in total. The van der Waals surface area contributed by atoms with Crippen LogP contribution >= 0.6 is 11.6 Å². The van der Waals surface area contributed by atoms with Crippen LogP contribution in [0.15, 0.2) is 36.7 Å². The summed E-state index contributed by atoms with van der Waals surface area (Å²) >= 11 is 6.18. The van der Waals surface area contributed by atoms with Gasteiger partial charge in [-0.3, -0.25) is 16.3 Å². The van der Waals surface area contributed by atoms with Crippen molar-refractivity contribution < 1.29 is 4.74 Å². The fourth-order valence-electron chi connectivity index (χ4n) is 2.57. The quantitative estimate of drug-likeness (QED) is 0.670. The van der Waals surface area contributed by atoms with Gasteiger partial charge in [-0.15, -0.1) is 0 Å². The molecule has 1 unspecified atom stereocenters. The molecule has 0 fully saturated rings. The molecule has 0 saturated carbocycles. The number of hydrogen-bond acceptors (Lipinski definition) is 4. The third-order valence-corrected chi connectivity index (χ3v) is 3.76. The van der Waals surface area contributed by atoms with Gasteiger partial charge < -0.3 is 4.74 Å². The van der Waals surface area contributed by atoms with Crippen LogP contribution in [0.2, 0.25) is 5.02 Å². The Bertz CT molecular complexity index is 604. The number of hydrogen-bond donors (Lipinski definition) is 2. The number of halogens is 1. The van der Waals surface area contributed by atoms with E-state index in [4.69, 9.17) is 22.2 Å². The summed E-state index contributed by atoms with van der Waals surface area (Å²) in [5, 5.41) is 0.742. The molecule has 1 aromatic carbocycles. The van der Waals surface area contributed by atoms with Gasteiger partial charge in [-0.1, -0.05) is 17.7 Å². The molecule has 1 aromatic heterocycles. The number of ether oxygens (including phenoxy) is 1. The number of nitrogens with two attached hydrogens (primary N) is 1. The normalized spacial score (nSPS) is 14.7. The van der Waals surface area contributed by atoms with E-state index < -0.39 is 0 Å². The van der Waals surface area contributed by atoms with Gasteiger partial charge in [0.1, 0.15) is 5.75 Å². The molecule has 0 spiro atoms. The number of hydrazine groups is 1. The average Bonchev–Trinajstić information content (AvgIpc) is 2.93. The maximum atomic E-state index is 6.18. The van der Waals surface area contributed by atoms with Crippen molar-refractivity contribution in [3.05, 3.63) is 58.4 Å². The van der Waals surface area contributed by atoms with Crippen molar-refractivity contribution in [2.24, 2.45) is 5.84 Å². The first-order valence-corrected chi connectivity index (χ1v) is 6.96. The van der Waals surface area contributed by atoms with Crippen LogP contribution in [-0.2, 0) is 12.8 Å². The molecule has 0 amide bonds. The molecule has 104 valence electrons. The smallest absolute Gasteiger partial charge is 0.125 e. The van der Waals surface area contributed by atoms with E-state index in [1.165, 1.54) is 5.56 Å². The van der Waals surface area contributed by atoms with E-state index in [-0.39, 0.29) is 6.04 Å². The summed E-state index contributed by atoms with van der Waals surface area (Å²) in [5.74, 6) is 6.64. The summed E-state index contributed by atoms with van der Waals surface area (Å²) in [6, 6.07) is 7.81. The van der Waals surface area contributed by atoms with Gasteiger partial charge in [-0.05, 0) is 41.3 Å². The van der Waals surface area contributed by atoms with Gasteiger partial charge in [0.05, 0.1) is 12.6 Å². The zero-order valence-electron chi connectivity index (χ0n) is 11.0. The lowest BCUT2D eigenvalue weighted by atomic mass is 9.98. The van der Waals surface area contributed by atoms with Crippen molar-refractivity contribution in [1.82, 2.24) is 10.4 Å². The van der Waals surface area contributed by atoms with E-state index in [2.05, 4.69) is 10.4 Å². The molecule has 5 heteroatoms. The summed E-state index contributed by atoms with van der Waals surface area (Å²) < 4.78 is 5.72. The molecule has 20 heavy (non-hydrogen) atoms. The highest BCUT2D eigenvalue weighted by Crippen LogP contribution is 2.35. The van der Waals surface area contributed by atoms with Crippen LogP contribution in [0.25, 0.3) is 0 Å². The van der Waals surface area contributed by atoms with Gasteiger partial charge in [-0.25, -0.2) is 0 Å². The monoisotopic (exact) mass is 289 g/mol. The minimum atomic E-state index is -0.0181. The number of rotatable bonds is 4. The topological polar surface area (TPSA) is 60.2 Å². The summed E-state index contributed by atoms with van der Waals surface area (Å²) in [6.45, 7) is 0.719. The zero-order valence-corrected chi connectivity index (χ0v) is 11.7. The van der Waals surface area contributed by atoms with Crippen molar-refractivity contribution in [2.75, 3.05) is 6.61 Å². The molecule has 3 rings (SSSR count). The van der Waals surface area contributed by atoms with Crippen molar-refractivity contribution in [3.63, 3.8) is 0 Å². The van der Waals surface area contributed by atoms with Crippen molar-refractivity contribution in [2.45, 2.75) is 18.9 Å². The Labute approximate surface area is 122 Å². The van der Waals surface area contributed by atoms with Crippen LogP contribution in [0.1, 0.15) is 22.7 Å². The molecule has 0 saturated heterocycles. The molecular weight excluding hydrogens is 274 g/mol. The third-order valence-electron chi connectivity index (χ3n) is 3.54. The first-order chi connectivity index (χ1) is 9.78. The first-order valence-electron chi connectivity index (χ1n) is 6.58. The molecular formula is C15H16ClN3O. The van der Waals surface area contributed by atoms with Gasteiger partial charge in [0.15, 0.2) is 0 Å². The molecule has 0 aliphatic carbocycles. The Hall–Kier alpha value is -1.62. The predicted molar refractivity (Wildman–Crippen MR) is 78.7 cm³/mol. The number of nitrogens with one attached hydrogen (secondary N) is 1. The largest absolute Gasteiger partial charge is 0.493 e. The van der Waals surface area contributed by atoms with Gasteiger partial charge in [-0.2, -0.15) is 0 Å². The van der Waals surface area contributed by atoms with E-state index in [1.54, 1.807) is 6.20 Å². The molecule has 1 aliphatic rings. The predicted octanol–water partition coefficient (Wildman–Crippen LogP) is 2.42. The van der Waals surface area contributed by atoms with Crippen molar-refractivity contribution in [3.8, 4) is 5.75 Å². The lowest BCUT2D eigenvalue weighted by Crippen LogP contribution is -2.29. The first kappa shape index (κ1) is 13.4. The number of fused-ring (bicyclic) bond motifs is 1. The Morgan fingerprint density at radius 3 is 3.10 bits per heavy atom.